The maximum absolute atomic E-state index is 13.3. The Balaban J connectivity index is 2.06. The van der Waals surface area contributed by atoms with Crippen molar-refractivity contribution in [1.29, 1.82) is 0 Å². The predicted octanol–water partition coefficient (Wildman–Crippen LogP) is 6.56. The van der Waals surface area contributed by atoms with Crippen LogP contribution >= 0.6 is 14.5 Å². The molecule has 6 nitrogen and oxygen atoms in total. The van der Waals surface area contributed by atoms with Crippen molar-refractivity contribution in [2.45, 2.75) is 33.6 Å². The maximum atomic E-state index is 13.3. The SMILES string of the molecule is CC(C)=CCC/C(C)=C/COP([O-])(=S)OP(=O)(Oc1ccccc1)Oc1ccccc1. The van der Waals surface area contributed by atoms with E-state index in [0.717, 1.165) is 18.4 Å². The second-order valence-electron chi connectivity index (χ2n) is 6.95. The molecule has 0 saturated heterocycles. The van der Waals surface area contributed by atoms with E-state index in [2.05, 4.69) is 6.08 Å². The predicted molar refractivity (Wildman–Crippen MR) is 125 cm³/mol. The van der Waals surface area contributed by atoms with E-state index in [9.17, 15) is 9.46 Å². The molecule has 2 rings (SSSR count). The fraction of sp³-hybridized carbons (Fsp3) is 0.273. The zero-order valence-corrected chi connectivity index (χ0v) is 20.4. The molecular formula is C22H27O6P2S-. The van der Waals surface area contributed by atoms with Crippen LogP contribution in [-0.4, -0.2) is 6.61 Å². The smallest absolute Gasteiger partial charge is 0.592 e. The second-order valence-corrected chi connectivity index (χ2v) is 11.4. The average Bonchev–Trinajstić information content (AvgIpc) is 2.68. The van der Waals surface area contributed by atoms with Crippen molar-refractivity contribution in [3.8, 4) is 11.5 Å². The first-order chi connectivity index (χ1) is 14.7. The van der Waals surface area contributed by atoms with E-state index in [1.807, 2.05) is 20.8 Å². The van der Waals surface area contributed by atoms with Crippen LogP contribution in [0, 0.1) is 0 Å². The van der Waals surface area contributed by atoms with Gasteiger partial charge >= 0.3 is 7.82 Å². The summed E-state index contributed by atoms with van der Waals surface area (Å²) >= 11 is 4.94. The van der Waals surface area contributed by atoms with Crippen LogP contribution in [0.25, 0.3) is 0 Å². The van der Waals surface area contributed by atoms with E-state index < -0.39 is 14.5 Å². The topological polar surface area (TPSA) is 77.0 Å². The molecule has 0 aliphatic rings. The molecule has 2 aromatic rings. The van der Waals surface area contributed by atoms with E-state index in [1.165, 1.54) is 5.57 Å². The van der Waals surface area contributed by atoms with Gasteiger partial charge in [0.05, 0.1) is 6.61 Å². The van der Waals surface area contributed by atoms with Gasteiger partial charge in [0, 0.05) is 0 Å². The van der Waals surface area contributed by atoms with Crippen molar-refractivity contribution in [3.63, 3.8) is 0 Å². The molecular weight excluding hydrogens is 454 g/mol. The molecule has 0 fully saturated rings. The van der Waals surface area contributed by atoms with Crippen molar-refractivity contribution in [1.82, 2.24) is 0 Å². The lowest BCUT2D eigenvalue weighted by Crippen LogP contribution is -2.12. The molecule has 9 heteroatoms. The van der Waals surface area contributed by atoms with Crippen molar-refractivity contribution in [2.24, 2.45) is 0 Å². The molecule has 2 aromatic carbocycles. The molecule has 0 N–H and O–H groups in total. The highest BCUT2D eigenvalue weighted by molar-refractivity contribution is 8.07. The minimum Gasteiger partial charge on any atom is -0.779 e. The first-order valence-electron chi connectivity index (χ1n) is 9.73. The van der Waals surface area contributed by atoms with Gasteiger partial charge in [0.1, 0.15) is 18.2 Å². The van der Waals surface area contributed by atoms with Gasteiger partial charge in [-0.25, -0.2) is 8.88 Å². The Morgan fingerprint density at radius 1 is 0.935 bits per heavy atom. The Morgan fingerprint density at radius 3 is 1.94 bits per heavy atom. The van der Waals surface area contributed by atoms with Crippen LogP contribution in [0.2, 0.25) is 0 Å². The van der Waals surface area contributed by atoms with Gasteiger partial charge in [0.15, 0.2) is 0 Å². The lowest BCUT2D eigenvalue weighted by Gasteiger charge is -2.30. The number of benzene rings is 2. The van der Waals surface area contributed by atoms with Crippen molar-refractivity contribution >= 4 is 26.3 Å². The minimum absolute atomic E-state index is 0.0435. The van der Waals surface area contributed by atoms with Gasteiger partial charge in [-0.05, 0) is 57.9 Å². The number of phosphoric ester groups is 1. The van der Waals surface area contributed by atoms with Crippen molar-refractivity contribution < 1.29 is 27.3 Å². The number of para-hydroxylation sites is 2. The molecule has 0 bridgehead atoms. The van der Waals surface area contributed by atoms with E-state index >= 15 is 0 Å². The third-order valence-corrected chi connectivity index (χ3v) is 7.73. The molecule has 1 unspecified atom stereocenters. The molecule has 0 amide bonds. The van der Waals surface area contributed by atoms with Crippen LogP contribution in [0.3, 0.4) is 0 Å². The molecule has 0 spiro atoms. The van der Waals surface area contributed by atoms with Gasteiger partial charge < -0.3 is 18.5 Å². The first kappa shape index (κ1) is 25.5. The summed E-state index contributed by atoms with van der Waals surface area (Å²) in [4.78, 5) is 12.7. The van der Waals surface area contributed by atoms with Crippen LogP contribution < -0.4 is 13.9 Å². The lowest BCUT2D eigenvalue weighted by molar-refractivity contribution is -0.198. The highest BCUT2D eigenvalue weighted by Gasteiger charge is 2.34. The molecule has 1 atom stereocenters. The van der Waals surface area contributed by atoms with E-state index in [0.29, 0.717) is 0 Å². The van der Waals surface area contributed by atoms with Crippen molar-refractivity contribution in [3.05, 3.63) is 84.0 Å². The standard InChI is InChI=1S/C22H28O6P2S/c1-19(2)11-10-12-20(3)17-18-25-30(24,31)28-29(23,26-21-13-6-4-7-14-21)27-22-15-8-5-9-16-22/h4-9,11,13-17H,10,12,18H2,1-3H3,(H,24,31)/p-1/b20-17+. The zero-order valence-electron chi connectivity index (χ0n) is 17.8. The zero-order chi connectivity index (χ0) is 22.7. The third-order valence-electron chi connectivity index (χ3n) is 3.88. The largest absolute Gasteiger partial charge is 0.779 e. The van der Waals surface area contributed by atoms with E-state index in [-0.39, 0.29) is 18.1 Å². The Hall–Kier alpha value is -1.72. The number of allylic oxidation sites excluding steroid dienone is 3. The Labute approximate surface area is 189 Å². The Morgan fingerprint density at radius 2 is 1.45 bits per heavy atom. The third kappa shape index (κ3) is 10.4. The van der Waals surface area contributed by atoms with E-state index in [1.54, 1.807) is 66.7 Å². The van der Waals surface area contributed by atoms with Crippen LogP contribution in [0.5, 0.6) is 11.5 Å². The molecule has 0 radical (unpaired) electrons. The van der Waals surface area contributed by atoms with Gasteiger partial charge in [-0.1, -0.05) is 71.5 Å². The van der Waals surface area contributed by atoms with Crippen LogP contribution in [0.4, 0.5) is 0 Å². The number of rotatable bonds is 12. The van der Waals surface area contributed by atoms with Crippen LogP contribution in [0.1, 0.15) is 33.6 Å². The van der Waals surface area contributed by atoms with Crippen LogP contribution in [-0.2, 0) is 25.2 Å². The van der Waals surface area contributed by atoms with Gasteiger partial charge in [-0.3, -0.25) is 0 Å². The molecule has 0 aliphatic carbocycles. The lowest BCUT2D eigenvalue weighted by atomic mass is 10.1. The van der Waals surface area contributed by atoms with E-state index in [4.69, 9.17) is 29.7 Å². The molecule has 0 aromatic heterocycles. The number of phosphoric acid groups is 1. The summed E-state index contributed by atoms with van der Waals surface area (Å²) < 4.78 is 34.5. The first-order valence-corrected chi connectivity index (χ1v) is 13.7. The molecule has 31 heavy (non-hydrogen) atoms. The van der Waals surface area contributed by atoms with Crippen molar-refractivity contribution in [2.75, 3.05) is 6.61 Å². The molecule has 0 saturated carbocycles. The van der Waals surface area contributed by atoms with Gasteiger partial charge in [0.2, 0.25) is 0 Å². The Kier molecular flexibility index (Phi) is 10.2. The highest BCUT2D eigenvalue weighted by Crippen LogP contribution is 2.61. The van der Waals surface area contributed by atoms with Gasteiger partial charge in [-0.15, -0.1) is 0 Å². The Bertz CT molecular complexity index is 927. The summed E-state index contributed by atoms with van der Waals surface area (Å²) in [6.45, 7) is 1.81. The molecule has 0 aliphatic heterocycles. The quantitative estimate of drug-likeness (QED) is 0.251. The molecule has 168 valence electrons. The van der Waals surface area contributed by atoms with Gasteiger partial charge in [0.25, 0.3) is 0 Å². The summed E-state index contributed by atoms with van der Waals surface area (Å²) in [5.41, 5.74) is 2.30. The maximum Gasteiger partial charge on any atom is 0.592 e. The fourth-order valence-corrected chi connectivity index (χ4v) is 5.79. The second kappa shape index (κ2) is 12.4. The summed E-state index contributed by atoms with van der Waals surface area (Å²) in [5, 5.41) is 0. The monoisotopic (exact) mass is 481 g/mol. The molecule has 0 heterocycles. The minimum atomic E-state index is -4.40. The normalized spacial score (nSPS) is 13.9. The number of hydrogen-bond donors (Lipinski definition) is 0. The average molecular weight is 481 g/mol. The summed E-state index contributed by atoms with van der Waals surface area (Å²) in [6, 6.07) is 16.6. The highest BCUT2D eigenvalue weighted by atomic mass is 32.5. The number of hydrogen-bond acceptors (Lipinski definition) is 7. The summed E-state index contributed by atoms with van der Waals surface area (Å²) in [5.74, 6) is 0.429. The van der Waals surface area contributed by atoms with Crippen LogP contribution in [0.15, 0.2) is 84.0 Å². The summed E-state index contributed by atoms with van der Waals surface area (Å²) in [6.07, 6.45) is 5.64. The fourth-order valence-electron chi connectivity index (χ4n) is 2.38. The van der Waals surface area contributed by atoms with Gasteiger partial charge in [-0.2, -0.15) is 0 Å². The summed E-state index contributed by atoms with van der Waals surface area (Å²) in [7, 11) is -4.40.